The molecule has 1 amide bonds. The first kappa shape index (κ1) is 16.0. The fraction of sp³-hybridized carbons (Fsp3) is 0.562. The minimum absolute atomic E-state index is 0.0525. The standard InChI is InChI=1S/C16H22ClNO3/c1-20-12-5-6-13(14(9-12)21-2)15(19)18-11-16(10-17)7-3-4-8-16/h5-6,9H,3-4,7-8,10-11H2,1-2H3,(H,18,19). The van der Waals surface area contributed by atoms with Crippen LogP contribution in [-0.4, -0.2) is 32.6 Å². The summed E-state index contributed by atoms with van der Waals surface area (Å²) < 4.78 is 10.4. The lowest BCUT2D eigenvalue weighted by Gasteiger charge is -2.26. The second-order valence-corrected chi connectivity index (χ2v) is 5.86. The van der Waals surface area contributed by atoms with Crippen LogP contribution in [-0.2, 0) is 0 Å². The molecule has 0 heterocycles. The van der Waals surface area contributed by atoms with Gasteiger partial charge >= 0.3 is 0 Å². The molecule has 0 spiro atoms. The van der Waals surface area contributed by atoms with Gasteiger partial charge in [-0.25, -0.2) is 0 Å². The number of ether oxygens (including phenoxy) is 2. The van der Waals surface area contributed by atoms with Gasteiger partial charge in [0.05, 0.1) is 19.8 Å². The molecule has 0 saturated heterocycles. The van der Waals surface area contributed by atoms with E-state index in [1.165, 1.54) is 12.8 Å². The van der Waals surface area contributed by atoms with Gasteiger partial charge in [0.25, 0.3) is 5.91 Å². The SMILES string of the molecule is COc1ccc(C(=O)NCC2(CCl)CCCC2)c(OC)c1. The number of alkyl halides is 1. The van der Waals surface area contributed by atoms with Crippen molar-refractivity contribution < 1.29 is 14.3 Å². The highest BCUT2D eigenvalue weighted by molar-refractivity contribution is 6.18. The van der Waals surface area contributed by atoms with Gasteiger partial charge in [-0.3, -0.25) is 4.79 Å². The van der Waals surface area contributed by atoms with Gasteiger partial charge in [0, 0.05) is 23.9 Å². The molecule has 1 aromatic rings. The molecule has 2 rings (SSSR count). The van der Waals surface area contributed by atoms with Crippen molar-refractivity contribution >= 4 is 17.5 Å². The van der Waals surface area contributed by atoms with Crippen molar-refractivity contribution in [1.29, 1.82) is 0 Å². The summed E-state index contributed by atoms with van der Waals surface area (Å²) in [5, 5.41) is 3.00. The van der Waals surface area contributed by atoms with Gasteiger partial charge < -0.3 is 14.8 Å². The molecule has 0 aromatic heterocycles. The molecule has 1 saturated carbocycles. The highest BCUT2D eigenvalue weighted by Gasteiger charge is 2.33. The van der Waals surface area contributed by atoms with Crippen LogP contribution in [0, 0.1) is 5.41 Å². The Morgan fingerprint density at radius 2 is 2.00 bits per heavy atom. The summed E-state index contributed by atoms with van der Waals surface area (Å²) in [6.45, 7) is 0.616. The summed E-state index contributed by atoms with van der Waals surface area (Å²) in [4.78, 5) is 12.4. The predicted octanol–water partition coefficient (Wildman–Crippen LogP) is 3.23. The van der Waals surface area contributed by atoms with Crippen molar-refractivity contribution in [3.63, 3.8) is 0 Å². The summed E-state index contributed by atoms with van der Waals surface area (Å²) in [6, 6.07) is 5.18. The van der Waals surface area contributed by atoms with Crippen LogP contribution < -0.4 is 14.8 Å². The van der Waals surface area contributed by atoms with E-state index in [-0.39, 0.29) is 11.3 Å². The van der Waals surface area contributed by atoms with Gasteiger partial charge in [-0.1, -0.05) is 12.8 Å². The van der Waals surface area contributed by atoms with Gasteiger partial charge in [0.2, 0.25) is 0 Å². The maximum Gasteiger partial charge on any atom is 0.255 e. The smallest absolute Gasteiger partial charge is 0.255 e. The van der Waals surface area contributed by atoms with Gasteiger partial charge in [-0.05, 0) is 25.0 Å². The van der Waals surface area contributed by atoms with Gasteiger partial charge in [0.1, 0.15) is 11.5 Å². The number of halogens is 1. The molecule has 21 heavy (non-hydrogen) atoms. The van der Waals surface area contributed by atoms with Crippen LogP contribution in [0.3, 0.4) is 0 Å². The highest BCUT2D eigenvalue weighted by Crippen LogP contribution is 2.38. The molecule has 116 valence electrons. The largest absolute Gasteiger partial charge is 0.497 e. The summed E-state index contributed by atoms with van der Waals surface area (Å²) in [7, 11) is 3.13. The van der Waals surface area contributed by atoms with Crippen LogP contribution in [0.5, 0.6) is 11.5 Å². The molecule has 1 aliphatic rings. The first-order valence-electron chi connectivity index (χ1n) is 7.20. The molecule has 0 radical (unpaired) electrons. The monoisotopic (exact) mass is 311 g/mol. The normalized spacial score (nSPS) is 16.5. The molecule has 5 heteroatoms. The molecular formula is C16H22ClNO3. The van der Waals surface area contributed by atoms with E-state index >= 15 is 0 Å². The van der Waals surface area contributed by atoms with E-state index in [1.54, 1.807) is 32.4 Å². The third kappa shape index (κ3) is 3.62. The summed E-state index contributed by atoms with van der Waals surface area (Å²) in [5.41, 5.74) is 0.567. The van der Waals surface area contributed by atoms with Gasteiger partial charge in [-0.15, -0.1) is 11.6 Å². The number of hydrogen-bond donors (Lipinski definition) is 1. The van der Waals surface area contributed by atoms with E-state index in [2.05, 4.69) is 5.32 Å². The zero-order valence-corrected chi connectivity index (χ0v) is 13.3. The van der Waals surface area contributed by atoms with E-state index in [4.69, 9.17) is 21.1 Å². The molecule has 1 N–H and O–H groups in total. The van der Waals surface area contributed by atoms with Crippen molar-refractivity contribution in [2.75, 3.05) is 26.6 Å². The van der Waals surface area contributed by atoms with E-state index in [1.807, 2.05) is 0 Å². The lowest BCUT2D eigenvalue weighted by molar-refractivity contribution is 0.0932. The Morgan fingerprint density at radius 1 is 1.29 bits per heavy atom. The topological polar surface area (TPSA) is 47.6 Å². The molecule has 0 unspecified atom stereocenters. The number of rotatable bonds is 6. The molecule has 0 aliphatic heterocycles. The Hall–Kier alpha value is -1.42. The molecule has 1 fully saturated rings. The second-order valence-electron chi connectivity index (χ2n) is 5.59. The fourth-order valence-corrected chi connectivity index (χ4v) is 3.19. The molecular weight excluding hydrogens is 290 g/mol. The summed E-state index contributed by atoms with van der Waals surface area (Å²) in [6.07, 6.45) is 4.54. The number of amides is 1. The highest BCUT2D eigenvalue weighted by atomic mass is 35.5. The van der Waals surface area contributed by atoms with E-state index in [0.717, 1.165) is 12.8 Å². The Kier molecular flexibility index (Phi) is 5.34. The van der Waals surface area contributed by atoms with Crippen LogP contribution in [0.4, 0.5) is 0 Å². The second kappa shape index (κ2) is 7.03. The number of hydrogen-bond acceptors (Lipinski definition) is 3. The number of carbonyl (C=O) groups is 1. The van der Waals surface area contributed by atoms with Crippen LogP contribution >= 0.6 is 11.6 Å². The number of methoxy groups -OCH3 is 2. The Labute approximate surface area is 130 Å². The van der Waals surface area contributed by atoms with E-state index < -0.39 is 0 Å². The molecule has 0 bridgehead atoms. The molecule has 4 nitrogen and oxygen atoms in total. The average Bonchev–Trinajstić information content (AvgIpc) is 3.01. The third-order valence-electron chi connectivity index (χ3n) is 4.22. The quantitative estimate of drug-likeness (QED) is 0.821. The molecule has 1 aliphatic carbocycles. The van der Waals surface area contributed by atoms with Crippen LogP contribution in [0.15, 0.2) is 18.2 Å². The Bertz CT molecular complexity index is 498. The summed E-state index contributed by atoms with van der Waals surface area (Å²) >= 11 is 6.10. The first-order valence-corrected chi connectivity index (χ1v) is 7.74. The Balaban J connectivity index is 2.06. The van der Waals surface area contributed by atoms with Crippen LogP contribution in [0.25, 0.3) is 0 Å². The Morgan fingerprint density at radius 3 is 2.57 bits per heavy atom. The first-order chi connectivity index (χ1) is 10.1. The van der Waals surface area contributed by atoms with Crippen molar-refractivity contribution in [2.45, 2.75) is 25.7 Å². The van der Waals surface area contributed by atoms with Crippen molar-refractivity contribution in [3.05, 3.63) is 23.8 Å². The lowest BCUT2D eigenvalue weighted by Crippen LogP contribution is -2.37. The zero-order valence-electron chi connectivity index (χ0n) is 12.6. The third-order valence-corrected chi connectivity index (χ3v) is 4.79. The van der Waals surface area contributed by atoms with Gasteiger partial charge in [0.15, 0.2) is 0 Å². The summed E-state index contributed by atoms with van der Waals surface area (Å²) in [5.74, 6) is 1.63. The van der Waals surface area contributed by atoms with E-state index in [9.17, 15) is 4.79 Å². The maximum atomic E-state index is 12.4. The van der Waals surface area contributed by atoms with E-state index in [0.29, 0.717) is 29.5 Å². The molecule has 0 atom stereocenters. The van der Waals surface area contributed by atoms with Crippen molar-refractivity contribution in [2.24, 2.45) is 5.41 Å². The number of carbonyl (C=O) groups excluding carboxylic acids is 1. The fourth-order valence-electron chi connectivity index (χ4n) is 2.83. The zero-order chi connectivity index (χ0) is 15.3. The predicted molar refractivity (Wildman–Crippen MR) is 83.5 cm³/mol. The number of nitrogens with one attached hydrogen (secondary N) is 1. The lowest BCUT2D eigenvalue weighted by atomic mass is 9.88. The average molecular weight is 312 g/mol. The number of benzene rings is 1. The minimum atomic E-state index is -0.133. The van der Waals surface area contributed by atoms with Gasteiger partial charge in [-0.2, -0.15) is 0 Å². The van der Waals surface area contributed by atoms with Crippen molar-refractivity contribution in [3.8, 4) is 11.5 Å². The van der Waals surface area contributed by atoms with Crippen molar-refractivity contribution in [1.82, 2.24) is 5.32 Å². The van der Waals surface area contributed by atoms with Crippen LogP contribution in [0.1, 0.15) is 36.0 Å². The van der Waals surface area contributed by atoms with Crippen LogP contribution in [0.2, 0.25) is 0 Å². The molecule has 1 aromatic carbocycles. The maximum absolute atomic E-state index is 12.4. The minimum Gasteiger partial charge on any atom is -0.497 e.